The molecule has 1 saturated heterocycles. The monoisotopic (exact) mass is 338 g/mol. The van der Waals surface area contributed by atoms with Crippen molar-refractivity contribution in [3.63, 3.8) is 0 Å². The van der Waals surface area contributed by atoms with E-state index in [2.05, 4.69) is 12.1 Å². The van der Waals surface area contributed by atoms with E-state index in [-0.39, 0.29) is 11.9 Å². The van der Waals surface area contributed by atoms with E-state index < -0.39 is 0 Å². The number of hydrogen-bond acceptors (Lipinski definition) is 3. The van der Waals surface area contributed by atoms with Crippen LogP contribution in [0.5, 0.6) is 5.75 Å². The summed E-state index contributed by atoms with van der Waals surface area (Å²) in [6, 6.07) is 15.6. The number of rotatable bonds is 3. The Hall–Kier alpha value is -2.40. The Morgan fingerprint density at radius 2 is 1.83 bits per heavy atom. The van der Waals surface area contributed by atoms with Gasteiger partial charge in [-0.3, -0.25) is 9.69 Å². The van der Waals surface area contributed by atoms with Gasteiger partial charge in [-0.05, 0) is 54.5 Å². The van der Waals surface area contributed by atoms with E-state index in [1.54, 1.807) is 4.90 Å². The van der Waals surface area contributed by atoms with Crippen LogP contribution < -0.4 is 9.64 Å². The minimum Gasteiger partial charge on any atom is -0.494 e. The van der Waals surface area contributed by atoms with Crippen LogP contribution in [0.3, 0.4) is 0 Å². The van der Waals surface area contributed by atoms with Crippen molar-refractivity contribution in [3.05, 3.63) is 59.7 Å². The highest BCUT2D eigenvalue weighted by molar-refractivity contribution is 7.80. The van der Waals surface area contributed by atoms with Gasteiger partial charge in [0, 0.05) is 13.0 Å². The molecule has 4 nitrogen and oxygen atoms in total. The topological polar surface area (TPSA) is 32.8 Å². The van der Waals surface area contributed by atoms with E-state index in [1.165, 1.54) is 11.1 Å². The Morgan fingerprint density at radius 3 is 2.54 bits per heavy atom. The molecule has 0 radical (unpaired) electrons. The van der Waals surface area contributed by atoms with Crippen LogP contribution in [0, 0.1) is 0 Å². The van der Waals surface area contributed by atoms with Gasteiger partial charge in [-0.1, -0.05) is 24.3 Å². The maximum Gasteiger partial charge on any atom is 0.256 e. The average molecular weight is 338 g/mol. The highest BCUT2D eigenvalue weighted by atomic mass is 32.1. The van der Waals surface area contributed by atoms with Crippen molar-refractivity contribution in [2.75, 3.05) is 11.5 Å². The fourth-order valence-electron chi connectivity index (χ4n) is 3.41. The first-order chi connectivity index (χ1) is 11.7. The third kappa shape index (κ3) is 2.36. The van der Waals surface area contributed by atoms with Crippen LogP contribution in [0.4, 0.5) is 5.69 Å². The first-order valence-electron chi connectivity index (χ1n) is 8.13. The largest absolute Gasteiger partial charge is 0.494 e. The number of ether oxygens (including phenoxy) is 1. The smallest absolute Gasteiger partial charge is 0.256 e. The molecule has 2 aromatic carbocycles. The Labute approximate surface area is 146 Å². The molecular weight excluding hydrogens is 320 g/mol. The Bertz CT molecular complexity index is 760. The summed E-state index contributed by atoms with van der Waals surface area (Å²) in [6.07, 6.45) is 0.711. The lowest BCUT2D eigenvalue weighted by Crippen LogP contribution is -2.39. The summed E-state index contributed by atoms with van der Waals surface area (Å²) in [4.78, 5) is 16.6. The lowest BCUT2D eigenvalue weighted by Gasteiger charge is -2.30. The molecule has 5 heteroatoms. The molecule has 0 saturated carbocycles. The molecule has 2 aliphatic rings. The molecule has 1 fully saturated rings. The van der Waals surface area contributed by atoms with E-state index in [0.29, 0.717) is 24.7 Å². The molecule has 1 atom stereocenters. The van der Waals surface area contributed by atoms with Gasteiger partial charge < -0.3 is 9.64 Å². The van der Waals surface area contributed by atoms with Crippen molar-refractivity contribution >= 4 is 28.9 Å². The van der Waals surface area contributed by atoms with Crippen molar-refractivity contribution in [2.45, 2.75) is 25.9 Å². The highest BCUT2D eigenvalue weighted by Gasteiger charge is 2.45. The minimum atomic E-state index is -0.195. The number of nitrogens with zero attached hydrogens (tertiary/aromatic N) is 2. The third-order valence-corrected chi connectivity index (χ3v) is 5.01. The van der Waals surface area contributed by atoms with Crippen LogP contribution in [0.1, 0.15) is 18.1 Å². The number of benzene rings is 2. The quantitative estimate of drug-likeness (QED) is 0.805. The van der Waals surface area contributed by atoms with Crippen LogP contribution in [-0.2, 0) is 17.8 Å². The fourth-order valence-corrected chi connectivity index (χ4v) is 3.80. The van der Waals surface area contributed by atoms with Gasteiger partial charge in [-0.2, -0.15) is 0 Å². The molecule has 2 heterocycles. The molecule has 24 heavy (non-hydrogen) atoms. The van der Waals surface area contributed by atoms with Gasteiger partial charge in [-0.25, -0.2) is 0 Å². The van der Waals surface area contributed by atoms with Crippen molar-refractivity contribution in [2.24, 2.45) is 0 Å². The number of fused-ring (bicyclic) bond motifs is 2. The van der Waals surface area contributed by atoms with Gasteiger partial charge in [0.25, 0.3) is 5.91 Å². The summed E-state index contributed by atoms with van der Waals surface area (Å²) < 4.78 is 5.47. The zero-order valence-corrected chi connectivity index (χ0v) is 14.3. The van der Waals surface area contributed by atoms with E-state index in [1.807, 2.05) is 48.2 Å². The number of hydrogen-bond donors (Lipinski definition) is 0. The zero-order chi connectivity index (χ0) is 16.7. The van der Waals surface area contributed by atoms with Gasteiger partial charge in [-0.15, -0.1) is 0 Å². The number of thiocarbonyl (C=S) groups is 1. The third-order valence-electron chi connectivity index (χ3n) is 4.60. The van der Waals surface area contributed by atoms with Gasteiger partial charge >= 0.3 is 0 Å². The summed E-state index contributed by atoms with van der Waals surface area (Å²) in [5.41, 5.74) is 3.28. The van der Waals surface area contributed by atoms with Gasteiger partial charge in [0.2, 0.25) is 0 Å². The molecule has 0 spiro atoms. The van der Waals surface area contributed by atoms with E-state index in [4.69, 9.17) is 17.0 Å². The predicted molar refractivity (Wildman–Crippen MR) is 97.2 cm³/mol. The molecule has 0 unspecified atom stereocenters. The summed E-state index contributed by atoms with van der Waals surface area (Å²) >= 11 is 5.61. The molecule has 1 amide bonds. The molecule has 0 N–H and O–H groups in total. The molecule has 0 bridgehead atoms. The normalized spacial score (nSPS) is 19.3. The van der Waals surface area contributed by atoms with Gasteiger partial charge in [0.15, 0.2) is 5.11 Å². The van der Waals surface area contributed by atoms with E-state index in [0.717, 1.165) is 11.4 Å². The van der Waals surface area contributed by atoms with Gasteiger partial charge in [0.05, 0.1) is 12.3 Å². The van der Waals surface area contributed by atoms with Crippen molar-refractivity contribution < 1.29 is 9.53 Å². The Balaban J connectivity index is 1.63. The fraction of sp³-hybridized carbons (Fsp3) is 0.263. The molecule has 0 aromatic heterocycles. The van der Waals surface area contributed by atoms with E-state index in [9.17, 15) is 4.79 Å². The van der Waals surface area contributed by atoms with Gasteiger partial charge in [0.1, 0.15) is 11.8 Å². The lowest BCUT2D eigenvalue weighted by atomic mass is 9.95. The first-order valence-corrected chi connectivity index (χ1v) is 8.54. The Kier molecular flexibility index (Phi) is 3.73. The van der Waals surface area contributed by atoms with E-state index >= 15 is 0 Å². The lowest BCUT2D eigenvalue weighted by molar-refractivity contribution is -0.119. The van der Waals surface area contributed by atoms with Crippen LogP contribution in [0.25, 0.3) is 0 Å². The van der Waals surface area contributed by atoms with Crippen LogP contribution >= 0.6 is 12.2 Å². The summed E-state index contributed by atoms with van der Waals surface area (Å²) in [7, 11) is 0. The summed E-state index contributed by atoms with van der Waals surface area (Å²) in [5.74, 6) is 0.850. The van der Waals surface area contributed by atoms with Crippen molar-refractivity contribution in [1.82, 2.24) is 4.90 Å². The maximum absolute atomic E-state index is 12.9. The number of anilines is 1. The molecule has 122 valence electrons. The number of carbonyl (C=O) groups is 1. The number of amides is 1. The molecular formula is C19H18N2O2S. The molecule has 2 aromatic rings. The molecule has 2 aliphatic heterocycles. The predicted octanol–water partition coefficient (Wildman–Crippen LogP) is 3.14. The molecule has 4 rings (SSSR count). The Morgan fingerprint density at radius 1 is 1.12 bits per heavy atom. The van der Waals surface area contributed by atoms with Crippen LogP contribution in [0.15, 0.2) is 48.5 Å². The van der Waals surface area contributed by atoms with Crippen molar-refractivity contribution in [1.29, 1.82) is 0 Å². The number of carbonyl (C=O) groups excluding carboxylic acids is 1. The zero-order valence-electron chi connectivity index (χ0n) is 13.4. The molecule has 0 aliphatic carbocycles. The second-order valence-electron chi connectivity index (χ2n) is 6.00. The second kappa shape index (κ2) is 5.91. The summed E-state index contributed by atoms with van der Waals surface area (Å²) in [5, 5.41) is 0.587. The van der Waals surface area contributed by atoms with Crippen LogP contribution in [0.2, 0.25) is 0 Å². The van der Waals surface area contributed by atoms with Crippen LogP contribution in [-0.4, -0.2) is 28.6 Å². The second-order valence-corrected chi connectivity index (χ2v) is 6.36. The average Bonchev–Trinajstić information content (AvgIpc) is 2.85. The SMILES string of the molecule is CCOc1ccc(N2C(=O)[C@H]3Cc4ccccc4CN3C2=S)cc1. The van der Waals surface area contributed by atoms with Crippen molar-refractivity contribution in [3.8, 4) is 5.75 Å². The summed E-state index contributed by atoms with van der Waals surface area (Å²) in [6.45, 7) is 3.26. The maximum atomic E-state index is 12.9. The first kappa shape index (κ1) is 15.1. The minimum absolute atomic E-state index is 0.0543. The highest BCUT2D eigenvalue weighted by Crippen LogP contribution is 2.33. The standard InChI is InChI=1S/C19H18N2O2S/c1-2-23-16-9-7-15(8-10-16)21-18(22)17-11-13-5-3-4-6-14(13)12-20(17)19(21)24/h3-10,17H,2,11-12H2,1H3/t17-/m1/s1.